The SMILES string of the molecule is O=c1c(N2CCCC(CNC3CC3)C2)nccn1C1CC1. The van der Waals surface area contributed by atoms with Gasteiger partial charge in [-0.1, -0.05) is 0 Å². The van der Waals surface area contributed by atoms with Gasteiger partial charge in [-0.05, 0) is 51.0 Å². The quantitative estimate of drug-likeness (QED) is 0.893. The highest BCUT2D eigenvalue weighted by atomic mass is 16.1. The fourth-order valence-corrected chi connectivity index (χ4v) is 3.32. The van der Waals surface area contributed by atoms with E-state index in [9.17, 15) is 4.79 Å². The van der Waals surface area contributed by atoms with E-state index in [1.165, 1.54) is 19.3 Å². The van der Waals surface area contributed by atoms with E-state index in [2.05, 4.69) is 15.2 Å². The molecule has 1 aromatic rings. The van der Waals surface area contributed by atoms with Crippen molar-refractivity contribution < 1.29 is 0 Å². The molecule has 5 nitrogen and oxygen atoms in total. The number of nitrogens with zero attached hydrogens (tertiary/aromatic N) is 3. The summed E-state index contributed by atoms with van der Waals surface area (Å²) >= 11 is 0. The molecule has 114 valence electrons. The maximum atomic E-state index is 12.6. The van der Waals surface area contributed by atoms with Gasteiger partial charge in [-0.3, -0.25) is 4.79 Å². The average molecular weight is 288 g/mol. The first-order valence-corrected chi connectivity index (χ1v) is 8.37. The van der Waals surface area contributed by atoms with Crippen LogP contribution in [-0.4, -0.2) is 35.2 Å². The second-order valence-corrected chi connectivity index (χ2v) is 6.83. The number of rotatable bonds is 5. The molecule has 4 rings (SSSR count). The lowest BCUT2D eigenvalue weighted by Crippen LogP contribution is -2.43. The predicted molar refractivity (Wildman–Crippen MR) is 82.7 cm³/mol. The monoisotopic (exact) mass is 288 g/mol. The molecule has 5 heteroatoms. The van der Waals surface area contributed by atoms with Crippen LogP contribution < -0.4 is 15.8 Å². The molecule has 0 radical (unpaired) electrons. The minimum absolute atomic E-state index is 0.107. The highest BCUT2D eigenvalue weighted by molar-refractivity contribution is 5.36. The standard InChI is InChI=1S/C16H24N4O/c21-16-15(17-7-9-20(16)14-5-6-14)19-8-1-2-12(11-19)10-18-13-3-4-13/h7,9,12-14,18H,1-6,8,10-11H2. The first-order chi connectivity index (χ1) is 10.3. The van der Waals surface area contributed by atoms with Crippen LogP contribution in [0.1, 0.15) is 44.6 Å². The molecule has 1 unspecified atom stereocenters. The molecule has 1 saturated heterocycles. The van der Waals surface area contributed by atoms with Crippen LogP contribution in [0.25, 0.3) is 0 Å². The molecule has 2 heterocycles. The van der Waals surface area contributed by atoms with Gasteiger partial charge in [0.2, 0.25) is 0 Å². The molecular weight excluding hydrogens is 264 g/mol. The second-order valence-electron chi connectivity index (χ2n) is 6.83. The van der Waals surface area contributed by atoms with Crippen molar-refractivity contribution in [2.24, 2.45) is 5.92 Å². The molecule has 0 aromatic carbocycles. The van der Waals surface area contributed by atoms with Crippen LogP contribution in [0.15, 0.2) is 17.2 Å². The van der Waals surface area contributed by atoms with E-state index in [1.807, 2.05) is 10.8 Å². The lowest BCUT2D eigenvalue weighted by Gasteiger charge is -2.33. The van der Waals surface area contributed by atoms with Gasteiger partial charge >= 0.3 is 0 Å². The van der Waals surface area contributed by atoms with Crippen molar-refractivity contribution in [3.63, 3.8) is 0 Å². The number of aromatic nitrogens is 2. The highest BCUT2D eigenvalue weighted by Crippen LogP contribution is 2.33. The zero-order chi connectivity index (χ0) is 14.2. The third kappa shape index (κ3) is 2.98. The Balaban J connectivity index is 1.47. The maximum absolute atomic E-state index is 12.6. The minimum Gasteiger partial charge on any atom is -0.352 e. The Labute approximate surface area is 125 Å². The summed E-state index contributed by atoms with van der Waals surface area (Å²) in [6.07, 6.45) is 11.0. The van der Waals surface area contributed by atoms with Crippen molar-refractivity contribution in [3.05, 3.63) is 22.7 Å². The summed E-state index contributed by atoms with van der Waals surface area (Å²) in [5, 5.41) is 3.62. The summed E-state index contributed by atoms with van der Waals surface area (Å²) in [6.45, 7) is 3.03. The van der Waals surface area contributed by atoms with Crippen LogP contribution in [0.4, 0.5) is 5.82 Å². The van der Waals surface area contributed by atoms with Crippen LogP contribution >= 0.6 is 0 Å². The molecule has 0 amide bonds. The van der Waals surface area contributed by atoms with E-state index < -0.39 is 0 Å². The van der Waals surface area contributed by atoms with Crippen LogP contribution in [0.5, 0.6) is 0 Å². The molecule has 2 aliphatic carbocycles. The topological polar surface area (TPSA) is 50.2 Å². The molecule has 3 fully saturated rings. The first kappa shape index (κ1) is 13.3. The number of nitrogens with one attached hydrogen (secondary N) is 1. The summed E-state index contributed by atoms with van der Waals surface area (Å²) in [5.74, 6) is 1.32. The van der Waals surface area contributed by atoms with Crippen molar-refractivity contribution in [1.29, 1.82) is 0 Å². The van der Waals surface area contributed by atoms with E-state index >= 15 is 0 Å². The Morgan fingerprint density at radius 1 is 1.24 bits per heavy atom. The largest absolute Gasteiger partial charge is 0.352 e. The number of hydrogen-bond donors (Lipinski definition) is 1. The van der Waals surface area contributed by atoms with Gasteiger partial charge in [-0.2, -0.15) is 0 Å². The van der Waals surface area contributed by atoms with Crippen molar-refractivity contribution >= 4 is 5.82 Å². The minimum atomic E-state index is 0.107. The van der Waals surface area contributed by atoms with Crippen LogP contribution in [0, 0.1) is 5.92 Å². The molecule has 1 atom stereocenters. The number of piperidine rings is 1. The smallest absolute Gasteiger partial charge is 0.293 e. The van der Waals surface area contributed by atoms with Gasteiger partial charge in [0.15, 0.2) is 5.82 Å². The zero-order valence-corrected chi connectivity index (χ0v) is 12.5. The normalized spacial score (nSPS) is 26.1. The van der Waals surface area contributed by atoms with Gasteiger partial charge < -0.3 is 14.8 Å². The zero-order valence-electron chi connectivity index (χ0n) is 12.5. The third-order valence-corrected chi connectivity index (χ3v) is 4.88. The lowest BCUT2D eigenvalue weighted by molar-refractivity contribution is 0.388. The Hall–Kier alpha value is -1.36. The van der Waals surface area contributed by atoms with Crippen molar-refractivity contribution in [2.45, 2.75) is 50.6 Å². The van der Waals surface area contributed by atoms with E-state index in [4.69, 9.17) is 0 Å². The van der Waals surface area contributed by atoms with Gasteiger partial charge in [0.1, 0.15) is 0 Å². The summed E-state index contributed by atoms with van der Waals surface area (Å²) < 4.78 is 1.88. The summed E-state index contributed by atoms with van der Waals surface area (Å²) in [5.41, 5.74) is 0.107. The van der Waals surface area contributed by atoms with Crippen molar-refractivity contribution in [2.75, 3.05) is 24.5 Å². The predicted octanol–water partition coefficient (Wildman–Crippen LogP) is 1.55. The molecule has 0 spiro atoms. The molecule has 0 bridgehead atoms. The van der Waals surface area contributed by atoms with Crippen LogP contribution in [-0.2, 0) is 0 Å². The van der Waals surface area contributed by atoms with Gasteiger partial charge in [-0.25, -0.2) is 4.98 Å². The fourth-order valence-electron chi connectivity index (χ4n) is 3.32. The first-order valence-electron chi connectivity index (χ1n) is 8.37. The number of hydrogen-bond acceptors (Lipinski definition) is 4. The summed E-state index contributed by atoms with van der Waals surface area (Å²) in [4.78, 5) is 19.2. The van der Waals surface area contributed by atoms with Crippen LogP contribution in [0.2, 0.25) is 0 Å². The summed E-state index contributed by atoms with van der Waals surface area (Å²) in [7, 11) is 0. The highest BCUT2D eigenvalue weighted by Gasteiger charge is 2.29. The fraction of sp³-hybridized carbons (Fsp3) is 0.750. The Morgan fingerprint density at radius 3 is 2.86 bits per heavy atom. The lowest BCUT2D eigenvalue weighted by atomic mass is 9.98. The molecular formula is C16H24N4O. The number of anilines is 1. The van der Waals surface area contributed by atoms with Gasteiger partial charge in [0.05, 0.1) is 0 Å². The molecule has 1 aromatic heterocycles. The maximum Gasteiger partial charge on any atom is 0.293 e. The molecule has 1 aliphatic heterocycles. The van der Waals surface area contributed by atoms with Gasteiger partial charge in [-0.15, -0.1) is 0 Å². The molecule has 21 heavy (non-hydrogen) atoms. The van der Waals surface area contributed by atoms with Gasteiger partial charge in [0, 0.05) is 37.6 Å². The molecule has 3 aliphatic rings. The van der Waals surface area contributed by atoms with E-state index in [0.29, 0.717) is 17.8 Å². The van der Waals surface area contributed by atoms with E-state index in [0.717, 1.165) is 44.9 Å². The Bertz CT molecular complexity index is 562. The molecule has 1 N–H and O–H groups in total. The summed E-state index contributed by atoms with van der Waals surface area (Å²) in [6, 6.07) is 1.19. The van der Waals surface area contributed by atoms with Crippen molar-refractivity contribution in [1.82, 2.24) is 14.9 Å². The van der Waals surface area contributed by atoms with Crippen LogP contribution in [0.3, 0.4) is 0 Å². The Kier molecular flexibility index (Phi) is 3.45. The second kappa shape index (κ2) is 5.44. The van der Waals surface area contributed by atoms with E-state index in [-0.39, 0.29) is 5.56 Å². The van der Waals surface area contributed by atoms with Crippen molar-refractivity contribution in [3.8, 4) is 0 Å². The average Bonchev–Trinajstić information content (AvgIpc) is 3.39. The molecule has 2 saturated carbocycles. The van der Waals surface area contributed by atoms with E-state index in [1.54, 1.807) is 6.20 Å². The third-order valence-electron chi connectivity index (χ3n) is 4.88. The Morgan fingerprint density at radius 2 is 2.10 bits per heavy atom. The van der Waals surface area contributed by atoms with Gasteiger partial charge in [0.25, 0.3) is 5.56 Å².